The molecule has 0 aromatic heterocycles. The first kappa shape index (κ1) is 17.9. The predicted molar refractivity (Wildman–Crippen MR) is 97.0 cm³/mol. The van der Waals surface area contributed by atoms with Gasteiger partial charge >= 0.3 is 0 Å². The van der Waals surface area contributed by atoms with E-state index < -0.39 is 0 Å². The summed E-state index contributed by atoms with van der Waals surface area (Å²) in [5.74, 6) is 0.812. The van der Waals surface area contributed by atoms with Gasteiger partial charge in [0.1, 0.15) is 0 Å². The lowest BCUT2D eigenvalue weighted by atomic mass is 9.84. The molecule has 1 aromatic rings. The van der Waals surface area contributed by atoms with Crippen molar-refractivity contribution in [3.63, 3.8) is 0 Å². The standard InChI is InChI=1S/C20H32N2O2/c1-17(19-8-3-2-4-9-19)22(14-18-6-5-7-18)16-20(23)15-21-10-12-24-13-11-21/h2-4,8-9,17-18,20,23H,5-7,10-16H2,1H3. The molecule has 0 spiro atoms. The van der Waals surface area contributed by atoms with Crippen molar-refractivity contribution in [1.29, 1.82) is 0 Å². The third-order valence-corrected chi connectivity index (χ3v) is 5.57. The maximum absolute atomic E-state index is 10.6. The largest absolute Gasteiger partial charge is 0.390 e. The zero-order valence-electron chi connectivity index (χ0n) is 14.9. The van der Waals surface area contributed by atoms with Crippen molar-refractivity contribution in [2.24, 2.45) is 5.92 Å². The number of β-amino-alcohol motifs (C(OH)–C–C–N with tert-alkyl or cyclic N) is 1. The maximum Gasteiger partial charge on any atom is 0.0794 e. The summed E-state index contributed by atoms with van der Waals surface area (Å²) in [6.45, 7) is 8.35. The highest BCUT2D eigenvalue weighted by Crippen LogP contribution is 2.30. The topological polar surface area (TPSA) is 35.9 Å². The molecule has 1 N–H and O–H groups in total. The first-order chi connectivity index (χ1) is 11.7. The Kier molecular flexibility index (Phi) is 6.67. The van der Waals surface area contributed by atoms with Crippen molar-refractivity contribution < 1.29 is 9.84 Å². The Morgan fingerprint density at radius 2 is 1.92 bits per heavy atom. The Labute approximate surface area is 146 Å². The van der Waals surface area contributed by atoms with Gasteiger partial charge in [-0.25, -0.2) is 0 Å². The molecule has 0 bridgehead atoms. The lowest BCUT2D eigenvalue weighted by Crippen LogP contribution is -2.46. The van der Waals surface area contributed by atoms with Crippen LogP contribution in [-0.4, -0.2) is 66.9 Å². The molecule has 1 aliphatic carbocycles. The summed E-state index contributed by atoms with van der Waals surface area (Å²) in [5, 5.41) is 10.6. The van der Waals surface area contributed by atoms with Crippen molar-refractivity contribution in [3.05, 3.63) is 35.9 Å². The molecule has 4 heteroatoms. The van der Waals surface area contributed by atoms with Crippen molar-refractivity contribution in [2.45, 2.75) is 38.3 Å². The van der Waals surface area contributed by atoms with Crippen LogP contribution in [0.25, 0.3) is 0 Å². The fraction of sp³-hybridized carbons (Fsp3) is 0.700. The lowest BCUT2D eigenvalue weighted by Gasteiger charge is -2.38. The van der Waals surface area contributed by atoms with Crippen molar-refractivity contribution in [2.75, 3.05) is 45.9 Å². The Morgan fingerprint density at radius 3 is 2.54 bits per heavy atom. The van der Waals surface area contributed by atoms with Crippen molar-refractivity contribution in [1.82, 2.24) is 9.80 Å². The molecule has 1 aromatic carbocycles. The third kappa shape index (κ3) is 5.03. The molecule has 4 nitrogen and oxygen atoms in total. The summed E-state index contributed by atoms with van der Waals surface area (Å²) in [6.07, 6.45) is 3.76. The van der Waals surface area contributed by atoms with Gasteiger partial charge in [-0.2, -0.15) is 0 Å². The molecule has 2 atom stereocenters. The number of rotatable bonds is 8. The average molecular weight is 332 g/mol. The molecule has 2 fully saturated rings. The number of hydrogen-bond acceptors (Lipinski definition) is 4. The highest BCUT2D eigenvalue weighted by atomic mass is 16.5. The number of aliphatic hydroxyl groups is 1. The third-order valence-electron chi connectivity index (χ3n) is 5.57. The summed E-state index contributed by atoms with van der Waals surface area (Å²) in [6, 6.07) is 11.0. The molecule has 2 aliphatic rings. The Bertz CT molecular complexity index is 472. The number of hydrogen-bond donors (Lipinski definition) is 1. The predicted octanol–water partition coefficient (Wildman–Crippen LogP) is 2.54. The van der Waals surface area contributed by atoms with Crippen LogP contribution < -0.4 is 0 Å². The van der Waals surface area contributed by atoms with E-state index in [2.05, 4.69) is 47.1 Å². The normalized spacial score (nSPS) is 22.3. The van der Waals surface area contributed by atoms with E-state index in [0.29, 0.717) is 6.04 Å². The molecule has 1 saturated heterocycles. The summed E-state index contributed by atoms with van der Waals surface area (Å²) in [5.41, 5.74) is 1.34. The molecule has 2 unspecified atom stereocenters. The summed E-state index contributed by atoms with van der Waals surface area (Å²) >= 11 is 0. The van der Waals surface area contributed by atoms with Gasteiger partial charge in [0.15, 0.2) is 0 Å². The second-order valence-electron chi connectivity index (χ2n) is 7.40. The summed E-state index contributed by atoms with van der Waals surface area (Å²) < 4.78 is 5.40. The molecule has 134 valence electrons. The van der Waals surface area contributed by atoms with E-state index in [1.807, 2.05) is 0 Å². The van der Waals surface area contributed by atoms with E-state index in [-0.39, 0.29) is 6.10 Å². The molecule has 3 rings (SSSR count). The number of nitrogens with zero attached hydrogens (tertiary/aromatic N) is 2. The van der Waals surface area contributed by atoms with Crippen LogP contribution in [0, 0.1) is 5.92 Å². The second kappa shape index (κ2) is 8.95. The van der Waals surface area contributed by atoms with Gasteiger partial charge < -0.3 is 9.84 Å². The molecule has 0 amide bonds. The highest BCUT2D eigenvalue weighted by Gasteiger charge is 2.26. The Balaban J connectivity index is 1.58. The van der Waals surface area contributed by atoms with Crippen molar-refractivity contribution >= 4 is 0 Å². The average Bonchev–Trinajstić information content (AvgIpc) is 2.58. The Hall–Kier alpha value is -0.940. The quantitative estimate of drug-likeness (QED) is 0.794. The minimum atomic E-state index is -0.297. The van der Waals surface area contributed by atoms with Crippen LogP contribution in [0.3, 0.4) is 0 Å². The van der Waals surface area contributed by atoms with Crippen LogP contribution in [-0.2, 0) is 4.74 Å². The maximum atomic E-state index is 10.6. The fourth-order valence-corrected chi connectivity index (χ4v) is 3.75. The molecular weight excluding hydrogens is 300 g/mol. The van der Waals surface area contributed by atoms with E-state index in [1.54, 1.807) is 0 Å². The van der Waals surface area contributed by atoms with Crippen LogP contribution in [0.2, 0.25) is 0 Å². The van der Waals surface area contributed by atoms with Gasteiger partial charge in [0.25, 0.3) is 0 Å². The highest BCUT2D eigenvalue weighted by molar-refractivity contribution is 5.18. The lowest BCUT2D eigenvalue weighted by molar-refractivity contribution is 0.0000712. The number of benzene rings is 1. The van der Waals surface area contributed by atoms with E-state index in [9.17, 15) is 5.11 Å². The van der Waals surface area contributed by atoms with Gasteiger partial charge in [-0.05, 0) is 31.2 Å². The van der Waals surface area contributed by atoms with Gasteiger partial charge in [-0.15, -0.1) is 0 Å². The monoisotopic (exact) mass is 332 g/mol. The van der Waals surface area contributed by atoms with E-state index in [4.69, 9.17) is 4.74 Å². The minimum absolute atomic E-state index is 0.297. The van der Waals surface area contributed by atoms with Crippen LogP contribution in [0.1, 0.15) is 37.8 Å². The van der Waals surface area contributed by atoms with Gasteiger partial charge in [0.05, 0.1) is 19.3 Å². The van der Waals surface area contributed by atoms with E-state index >= 15 is 0 Å². The smallest absolute Gasteiger partial charge is 0.0794 e. The molecular formula is C20H32N2O2. The molecule has 0 radical (unpaired) electrons. The number of aliphatic hydroxyl groups excluding tert-OH is 1. The molecule has 24 heavy (non-hydrogen) atoms. The number of morpholine rings is 1. The van der Waals surface area contributed by atoms with E-state index in [0.717, 1.165) is 51.9 Å². The molecule has 1 aliphatic heterocycles. The van der Waals surface area contributed by atoms with Gasteiger partial charge in [0, 0.05) is 38.8 Å². The summed E-state index contributed by atoms with van der Waals surface area (Å²) in [7, 11) is 0. The Morgan fingerprint density at radius 1 is 1.21 bits per heavy atom. The van der Waals surface area contributed by atoms with Gasteiger partial charge in [-0.1, -0.05) is 36.8 Å². The first-order valence-electron chi connectivity index (χ1n) is 9.49. The summed E-state index contributed by atoms with van der Waals surface area (Å²) in [4.78, 5) is 4.81. The van der Waals surface area contributed by atoms with Crippen LogP contribution in [0.4, 0.5) is 0 Å². The molecule has 1 saturated carbocycles. The molecule has 1 heterocycles. The second-order valence-corrected chi connectivity index (χ2v) is 7.40. The van der Waals surface area contributed by atoms with Gasteiger partial charge in [-0.3, -0.25) is 9.80 Å². The zero-order chi connectivity index (χ0) is 16.8. The SMILES string of the molecule is CC(c1ccccc1)N(CC(O)CN1CCOCC1)CC1CCC1. The van der Waals surface area contributed by atoms with Crippen LogP contribution >= 0.6 is 0 Å². The van der Waals surface area contributed by atoms with Crippen molar-refractivity contribution in [3.8, 4) is 0 Å². The van der Waals surface area contributed by atoms with Crippen LogP contribution in [0.15, 0.2) is 30.3 Å². The fourth-order valence-electron chi connectivity index (χ4n) is 3.75. The van der Waals surface area contributed by atoms with Crippen LogP contribution in [0.5, 0.6) is 0 Å². The minimum Gasteiger partial charge on any atom is -0.390 e. The van der Waals surface area contributed by atoms with Gasteiger partial charge in [0.2, 0.25) is 0 Å². The zero-order valence-corrected chi connectivity index (χ0v) is 14.9. The first-order valence-corrected chi connectivity index (χ1v) is 9.49. The van der Waals surface area contributed by atoms with E-state index in [1.165, 1.54) is 24.8 Å². The number of ether oxygens (including phenoxy) is 1.